The second-order valence-corrected chi connectivity index (χ2v) is 8.87. The van der Waals surface area contributed by atoms with Gasteiger partial charge in [-0.05, 0) is 56.1 Å². The molecule has 0 saturated carbocycles. The number of anilines is 2. The van der Waals surface area contributed by atoms with Gasteiger partial charge in [0.2, 0.25) is 5.78 Å². The fraction of sp³-hybridized carbons (Fsp3) is 0.391. The van der Waals surface area contributed by atoms with Crippen LogP contribution in [-0.2, 0) is 12.8 Å². The number of ketones is 1. The fourth-order valence-electron chi connectivity index (χ4n) is 4.65. The van der Waals surface area contributed by atoms with Crippen LogP contribution in [0.5, 0.6) is 0 Å². The van der Waals surface area contributed by atoms with Crippen LogP contribution in [0.2, 0.25) is 0 Å². The van der Waals surface area contributed by atoms with Gasteiger partial charge in [0.15, 0.2) is 0 Å². The third-order valence-electron chi connectivity index (χ3n) is 6.07. The Balaban J connectivity index is 1.68. The Morgan fingerprint density at radius 2 is 1.68 bits per heavy atom. The zero-order valence-electron chi connectivity index (χ0n) is 16.0. The van der Waals surface area contributed by atoms with Gasteiger partial charge in [-0.2, -0.15) is 0 Å². The maximum absolute atomic E-state index is 13.1. The van der Waals surface area contributed by atoms with E-state index < -0.39 is 0 Å². The largest absolute Gasteiger partial charge is 0.397 e. The highest BCUT2D eigenvalue weighted by Crippen LogP contribution is 2.43. The summed E-state index contributed by atoms with van der Waals surface area (Å²) in [6, 6.07) is 9.42. The van der Waals surface area contributed by atoms with E-state index >= 15 is 0 Å². The van der Waals surface area contributed by atoms with Gasteiger partial charge in [-0.3, -0.25) is 4.79 Å². The van der Waals surface area contributed by atoms with E-state index in [0.717, 1.165) is 42.0 Å². The Morgan fingerprint density at radius 3 is 2.43 bits per heavy atom. The minimum Gasteiger partial charge on any atom is -0.397 e. The Bertz CT molecular complexity index is 1040. The average molecular weight is 392 g/mol. The topological polar surface area (TPSA) is 59.2 Å². The Labute approximate surface area is 169 Å². The highest BCUT2D eigenvalue weighted by molar-refractivity contribution is 7.21. The first-order valence-corrected chi connectivity index (χ1v) is 11.1. The maximum Gasteiger partial charge on any atom is 0.205 e. The van der Waals surface area contributed by atoms with Gasteiger partial charge >= 0.3 is 0 Å². The van der Waals surface area contributed by atoms with Gasteiger partial charge in [0.25, 0.3) is 0 Å². The SMILES string of the molecule is Nc1c(C(=O)c2ccccc2)sc2nc(N3CCCCC3)c3c(c12)CCCC3. The molecule has 0 bridgehead atoms. The van der Waals surface area contributed by atoms with Crippen molar-refractivity contribution in [3.63, 3.8) is 0 Å². The Morgan fingerprint density at radius 1 is 0.964 bits per heavy atom. The van der Waals surface area contributed by atoms with Crippen LogP contribution in [0.3, 0.4) is 0 Å². The number of carbonyl (C=O) groups excluding carboxylic acids is 1. The molecule has 144 valence electrons. The number of nitrogens with zero attached hydrogens (tertiary/aromatic N) is 2. The van der Waals surface area contributed by atoms with Crippen LogP contribution in [0, 0.1) is 0 Å². The number of carbonyl (C=O) groups is 1. The number of thiophene rings is 1. The molecule has 0 radical (unpaired) electrons. The maximum atomic E-state index is 13.1. The number of fused-ring (bicyclic) bond motifs is 3. The van der Waals surface area contributed by atoms with E-state index in [4.69, 9.17) is 10.7 Å². The first-order valence-electron chi connectivity index (χ1n) is 10.3. The highest BCUT2D eigenvalue weighted by atomic mass is 32.1. The van der Waals surface area contributed by atoms with E-state index in [-0.39, 0.29) is 5.78 Å². The molecule has 5 heteroatoms. The fourth-order valence-corrected chi connectivity index (χ4v) is 5.73. The second-order valence-electron chi connectivity index (χ2n) is 7.87. The quantitative estimate of drug-likeness (QED) is 0.640. The number of pyridine rings is 1. The number of rotatable bonds is 3. The Hall–Kier alpha value is -2.40. The summed E-state index contributed by atoms with van der Waals surface area (Å²) in [6.07, 6.45) is 8.28. The van der Waals surface area contributed by atoms with Crippen molar-refractivity contribution in [3.8, 4) is 0 Å². The molecule has 5 rings (SSSR count). The number of benzene rings is 1. The predicted octanol–water partition coefficient (Wildman–Crippen LogP) is 4.98. The molecule has 2 aliphatic rings. The molecule has 3 aromatic rings. The van der Waals surface area contributed by atoms with Gasteiger partial charge in [0.05, 0.1) is 5.69 Å². The van der Waals surface area contributed by atoms with Gasteiger partial charge in [0, 0.05) is 24.0 Å². The molecule has 0 atom stereocenters. The van der Waals surface area contributed by atoms with Crippen molar-refractivity contribution in [2.24, 2.45) is 0 Å². The van der Waals surface area contributed by atoms with Crippen LogP contribution in [-0.4, -0.2) is 23.9 Å². The lowest BCUT2D eigenvalue weighted by Gasteiger charge is -2.31. The predicted molar refractivity (Wildman–Crippen MR) is 117 cm³/mol. The van der Waals surface area contributed by atoms with Gasteiger partial charge in [-0.15, -0.1) is 11.3 Å². The zero-order valence-corrected chi connectivity index (χ0v) is 16.9. The minimum absolute atomic E-state index is 0.00480. The lowest BCUT2D eigenvalue weighted by molar-refractivity contribution is 0.104. The molecule has 0 amide bonds. The van der Waals surface area contributed by atoms with Crippen LogP contribution >= 0.6 is 11.3 Å². The van der Waals surface area contributed by atoms with E-state index in [0.29, 0.717) is 16.1 Å². The van der Waals surface area contributed by atoms with Crippen molar-refractivity contribution in [1.82, 2.24) is 4.98 Å². The number of hydrogen-bond acceptors (Lipinski definition) is 5. The standard InChI is InChI=1S/C23H25N3OS/c24-19-18-16-11-5-6-12-17(16)22(26-13-7-2-8-14-26)25-23(18)28-21(19)20(27)15-9-3-1-4-10-15/h1,3-4,9-10H,2,5-8,11-14,24H2. The van der Waals surface area contributed by atoms with Crippen LogP contribution in [0.1, 0.15) is 58.5 Å². The first-order chi connectivity index (χ1) is 13.7. The molecular formula is C23H25N3OS. The molecule has 0 unspecified atom stereocenters. The summed E-state index contributed by atoms with van der Waals surface area (Å²) in [4.78, 5) is 22.2. The van der Waals surface area contributed by atoms with Crippen molar-refractivity contribution >= 4 is 38.8 Å². The average Bonchev–Trinajstić information content (AvgIpc) is 3.10. The summed E-state index contributed by atoms with van der Waals surface area (Å²) in [5, 5.41) is 1.04. The molecule has 2 aromatic heterocycles. The molecule has 1 aromatic carbocycles. The van der Waals surface area contributed by atoms with E-state index in [1.165, 1.54) is 54.6 Å². The van der Waals surface area contributed by atoms with Crippen LogP contribution in [0.15, 0.2) is 30.3 Å². The van der Waals surface area contributed by atoms with Crippen molar-refractivity contribution < 1.29 is 4.79 Å². The van der Waals surface area contributed by atoms with E-state index in [1.54, 1.807) is 0 Å². The summed E-state index contributed by atoms with van der Waals surface area (Å²) in [5.74, 6) is 1.16. The van der Waals surface area contributed by atoms with Crippen molar-refractivity contribution in [3.05, 3.63) is 51.9 Å². The highest BCUT2D eigenvalue weighted by Gasteiger charge is 2.27. The molecular weight excluding hydrogens is 366 g/mol. The molecule has 0 spiro atoms. The van der Waals surface area contributed by atoms with Gasteiger partial charge in [-0.1, -0.05) is 30.3 Å². The smallest absolute Gasteiger partial charge is 0.205 e. The van der Waals surface area contributed by atoms with Gasteiger partial charge in [-0.25, -0.2) is 4.98 Å². The number of hydrogen-bond donors (Lipinski definition) is 1. The Kier molecular flexibility index (Phi) is 4.55. The van der Waals surface area contributed by atoms with Crippen molar-refractivity contribution in [2.75, 3.05) is 23.7 Å². The van der Waals surface area contributed by atoms with Crippen LogP contribution in [0.25, 0.3) is 10.2 Å². The number of aryl methyl sites for hydroxylation is 1. The lowest BCUT2D eigenvalue weighted by atomic mass is 9.89. The molecule has 3 heterocycles. The van der Waals surface area contributed by atoms with Gasteiger partial charge in [0.1, 0.15) is 15.5 Å². The number of nitrogens with two attached hydrogens (primary N) is 1. The molecule has 2 N–H and O–H groups in total. The first kappa shape index (κ1) is 17.7. The zero-order chi connectivity index (χ0) is 19.1. The van der Waals surface area contributed by atoms with Crippen LogP contribution in [0.4, 0.5) is 11.5 Å². The molecule has 1 aliphatic heterocycles. The normalized spacial score (nSPS) is 16.9. The summed E-state index contributed by atoms with van der Waals surface area (Å²) < 4.78 is 0. The molecule has 1 saturated heterocycles. The van der Waals surface area contributed by atoms with Crippen LogP contribution < -0.4 is 10.6 Å². The molecule has 4 nitrogen and oxygen atoms in total. The summed E-state index contributed by atoms with van der Waals surface area (Å²) in [5.41, 5.74) is 10.6. The van der Waals surface area contributed by atoms with Crippen molar-refractivity contribution in [1.29, 1.82) is 0 Å². The third-order valence-corrected chi connectivity index (χ3v) is 7.17. The van der Waals surface area contributed by atoms with Gasteiger partial charge < -0.3 is 10.6 Å². The van der Waals surface area contributed by atoms with Crippen molar-refractivity contribution in [2.45, 2.75) is 44.9 Å². The summed E-state index contributed by atoms with van der Waals surface area (Å²) in [6.45, 7) is 2.17. The lowest BCUT2D eigenvalue weighted by Crippen LogP contribution is -2.31. The van der Waals surface area contributed by atoms with E-state index in [9.17, 15) is 4.79 Å². The van der Waals surface area contributed by atoms with E-state index in [2.05, 4.69) is 4.90 Å². The summed E-state index contributed by atoms with van der Waals surface area (Å²) >= 11 is 1.47. The van der Waals surface area contributed by atoms with E-state index in [1.807, 2.05) is 30.3 Å². The third kappa shape index (κ3) is 2.89. The number of piperidine rings is 1. The summed E-state index contributed by atoms with van der Waals surface area (Å²) in [7, 11) is 0. The number of nitrogen functional groups attached to an aromatic ring is 1. The molecule has 28 heavy (non-hydrogen) atoms. The molecule has 1 fully saturated rings. The number of aromatic nitrogens is 1. The monoisotopic (exact) mass is 391 g/mol. The second kappa shape index (κ2) is 7.21. The molecule has 1 aliphatic carbocycles. The minimum atomic E-state index is 0.00480.